The fraction of sp³-hybridized carbons (Fsp3) is 0.667. The number of aromatic nitrogens is 2. The first-order valence-electron chi connectivity index (χ1n) is 7.00. The molecule has 0 bridgehead atoms. The van der Waals surface area contributed by atoms with E-state index in [1.165, 1.54) is 11.3 Å². The van der Waals surface area contributed by atoms with Gasteiger partial charge in [-0.05, 0) is 52.6 Å². The summed E-state index contributed by atoms with van der Waals surface area (Å²) in [4.78, 5) is 0. The van der Waals surface area contributed by atoms with Gasteiger partial charge in [-0.2, -0.15) is 5.10 Å². The van der Waals surface area contributed by atoms with Crippen LogP contribution in [-0.4, -0.2) is 16.3 Å². The Morgan fingerprint density at radius 3 is 2.78 bits per heavy atom. The van der Waals surface area contributed by atoms with Gasteiger partial charge in [0.1, 0.15) is 0 Å². The highest BCUT2D eigenvalue weighted by Crippen LogP contribution is 2.21. The Balaban J connectivity index is 2.81. The van der Waals surface area contributed by atoms with Gasteiger partial charge in [-0.1, -0.05) is 12.5 Å². The molecule has 0 saturated carbocycles. The lowest BCUT2D eigenvalue weighted by atomic mass is 10.0. The fourth-order valence-electron chi connectivity index (χ4n) is 2.16. The van der Waals surface area contributed by atoms with Crippen LogP contribution in [0.5, 0.6) is 0 Å². The summed E-state index contributed by atoms with van der Waals surface area (Å²) in [5.74, 6) is 0. The number of aryl methyl sites for hydroxylation is 2. The molecule has 1 atom stereocenters. The van der Waals surface area contributed by atoms with Crippen LogP contribution in [0.2, 0.25) is 0 Å². The third-order valence-corrected chi connectivity index (χ3v) is 3.09. The highest BCUT2D eigenvalue weighted by molar-refractivity contribution is 5.14. The molecule has 1 aromatic heterocycles. The molecule has 0 aromatic carbocycles. The highest BCUT2D eigenvalue weighted by atomic mass is 15.3. The van der Waals surface area contributed by atoms with Crippen molar-refractivity contribution in [1.29, 1.82) is 0 Å². The van der Waals surface area contributed by atoms with Crippen molar-refractivity contribution >= 4 is 0 Å². The number of rotatable bonds is 8. The predicted octanol–water partition coefficient (Wildman–Crippen LogP) is 3.61. The van der Waals surface area contributed by atoms with Crippen LogP contribution in [0.3, 0.4) is 0 Å². The lowest BCUT2D eigenvalue weighted by Gasteiger charge is -2.19. The maximum Gasteiger partial charge on any atom is 0.0597 e. The molecule has 1 unspecified atom stereocenters. The first-order valence-corrected chi connectivity index (χ1v) is 7.00. The van der Waals surface area contributed by atoms with E-state index in [4.69, 9.17) is 0 Å². The minimum Gasteiger partial charge on any atom is -0.309 e. The van der Waals surface area contributed by atoms with E-state index < -0.39 is 0 Å². The van der Waals surface area contributed by atoms with Gasteiger partial charge >= 0.3 is 0 Å². The van der Waals surface area contributed by atoms with Crippen molar-refractivity contribution in [2.45, 2.75) is 59.5 Å². The summed E-state index contributed by atoms with van der Waals surface area (Å²) in [6, 6.07) is 2.60. The van der Waals surface area contributed by atoms with Gasteiger partial charge in [0.25, 0.3) is 0 Å². The molecule has 1 N–H and O–H groups in total. The minimum absolute atomic E-state index is 0.391. The van der Waals surface area contributed by atoms with Crippen LogP contribution in [0.4, 0.5) is 0 Å². The van der Waals surface area contributed by atoms with Crippen molar-refractivity contribution in [3.05, 3.63) is 29.6 Å². The predicted molar refractivity (Wildman–Crippen MR) is 77.7 cm³/mol. The summed E-state index contributed by atoms with van der Waals surface area (Å²) in [6.07, 6.45) is 3.32. The molecule has 0 aliphatic carbocycles. The van der Waals surface area contributed by atoms with Crippen molar-refractivity contribution in [3.63, 3.8) is 0 Å². The van der Waals surface area contributed by atoms with Crippen molar-refractivity contribution in [2.75, 3.05) is 6.54 Å². The Morgan fingerprint density at radius 2 is 2.22 bits per heavy atom. The monoisotopic (exact) mass is 249 g/mol. The zero-order valence-electron chi connectivity index (χ0n) is 12.3. The highest BCUT2D eigenvalue weighted by Gasteiger charge is 2.16. The number of hydrogen-bond acceptors (Lipinski definition) is 2. The van der Waals surface area contributed by atoms with Crippen molar-refractivity contribution < 1.29 is 0 Å². The van der Waals surface area contributed by atoms with Crippen LogP contribution in [0, 0.1) is 6.92 Å². The Bertz CT molecular complexity index is 379. The maximum atomic E-state index is 4.54. The van der Waals surface area contributed by atoms with Gasteiger partial charge in [-0.25, -0.2) is 0 Å². The molecule has 3 heteroatoms. The molecule has 18 heavy (non-hydrogen) atoms. The summed E-state index contributed by atoms with van der Waals surface area (Å²) in [5, 5.41) is 8.17. The molecule has 0 amide bonds. The Kier molecular flexibility index (Phi) is 6.13. The summed E-state index contributed by atoms with van der Waals surface area (Å²) in [5.41, 5.74) is 3.66. The van der Waals surface area contributed by atoms with Crippen LogP contribution in [0.15, 0.2) is 18.2 Å². The molecule has 0 spiro atoms. The molecular weight excluding hydrogens is 222 g/mol. The third-order valence-electron chi connectivity index (χ3n) is 3.09. The van der Waals surface area contributed by atoms with Gasteiger partial charge in [0.2, 0.25) is 0 Å². The van der Waals surface area contributed by atoms with Gasteiger partial charge in [0.05, 0.1) is 11.4 Å². The van der Waals surface area contributed by atoms with Gasteiger partial charge in [0, 0.05) is 12.6 Å². The second-order valence-corrected chi connectivity index (χ2v) is 5.03. The average Bonchev–Trinajstić information content (AvgIpc) is 2.70. The smallest absolute Gasteiger partial charge is 0.0597 e. The molecule has 1 rings (SSSR count). The van der Waals surface area contributed by atoms with Gasteiger partial charge < -0.3 is 5.32 Å². The molecule has 3 nitrogen and oxygen atoms in total. The standard InChI is InChI=1S/C15H27N3/c1-6-10-16-14(9-8-12(3)4)15-11-13(5)17-18(15)7-2/h11,14,16H,3,6-10H2,1-2,4-5H3. The zero-order chi connectivity index (χ0) is 13.5. The lowest BCUT2D eigenvalue weighted by molar-refractivity contribution is 0.456. The minimum atomic E-state index is 0.391. The SMILES string of the molecule is C=C(C)CCC(NCCC)c1cc(C)nn1CC. The second-order valence-electron chi connectivity index (χ2n) is 5.03. The Hall–Kier alpha value is -1.09. The fourth-order valence-corrected chi connectivity index (χ4v) is 2.16. The van der Waals surface area contributed by atoms with E-state index in [-0.39, 0.29) is 0 Å². The summed E-state index contributed by atoms with van der Waals surface area (Å²) < 4.78 is 2.11. The summed E-state index contributed by atoms with van der Waals surface area (Å²) in [6.45, 7) is 14.5. The molecule has 0 aliphatic heterocycles. The molecule has 0 saturated heterocycles. The second kappa shape index (κ2) is 7.37. The first kappa shape index (κ1) is 15.0. The lowest BCUT2D eigenvalue weighted by Crippen LogP contribution is -2.24. The molecule has 0 radical (unpaired) electrons. The van der Waals surface area contributed by atoms with E-state index >= 15 is 0 Å². The van der Waals surface area contributed by atoms with E-state index in [1.807, 2.05) is 0 Å². The van der Waals surface area contributed by atoms with Gasteiger partial charge in [-0.15, -0.1) is 6.58 Å². The van der Waals surface area contributed by atoms with Crippen molar-refractivity contribution in [2.24, 2.45) is 0 Å². The Morgan fingerprint density at radius 1 is 1.50 bits per heavy atom. The molecule has 1 aromatic rings. The van der Waals surface area contributed by atoms with Crippen molar-refractivity contribution in [3.8, 4) is 0 Å². The molecule has 102 valence electrons. The number of allylic oxidation sites excluding steroid dienone is 1. The van der Waals surface area contributed by atoms with Gasteiger partial charge in [0.15, 0.2) is 0 Å². The first-order chi connectivity index (χ1) is 8.58. The normalized spacial score (nSPS) is 12.7. The number of hydrogen-bond donors (Lipinski definition) is 1. The zero-order valence-corrected chi connectivity index (χ0v) is 12.3. The average molecular weight is 249 g/mol. The quantitative estimate of drug-likeness (QED) is 0.713. The topological polar surface area (TPSA) is 29.9 Å². The molecule has 1 heterocycles. The van der Waals surface area contributed by atoms with E-state index in [2.05, 4.69) is 55.4 Å². The summed E-state index contributed by atoms with van der Waals surface area (Å²) in [7, 11) is 0. The molecular formula is C15H27N3. The largest absolute Gasteiger partial charge is 0.309 e. The number of nitrogens with zero attached hydrogens (tertiary/aromatic N) is 2. The van der Waals surface area contributed by atoms with Crippen molar-refractivity contribution in [1.82, 2.24) is 15.1 Å². The molecule has 0 aliphatic rings. The van der Waals surface area contributed by atoms with Crippen LogP contribution >= 0.6 is 0 Å². The number of nitrogens with one attached hydrogen (secondary N) is 1. The van der Waals surface area contributed by atoms with E-state index in [9.17, 15) is 0 Å². The van der Waals surface area contributed by atoms with E-state index in [1.54, 1.807) is 0 Å². The van der Waals surface area contributed by atoms with E-state index in [0.29, 0.717) is 6.04 Å². The summed E-state index contributed by atoms with van der Waals surface area (Å²) >= 11 is 0. The maximum absolute atomic E-state index is 4.54. The van der Waals surface area contributed by atoms with Crippen LogP contribution in [0.1, 0.15) is 57.5 Å². The molecule has 0 fully saturated rings. The Labute approximate surface area is 111 Å². The van der Waals surface area contributed by atoms with Gasteiger partial charge in [-0.3, -0.25) is 4.68 Å². The van der Waals surface area contributed by atoms with E-state index in [0.717, 1.165) is 38.0 Å². The van der Waals surface area contributed by atoms with Crippen LogP contribution in [-0.2, 0) is 6.54 Å². The van der Waals surface area contributed by atoms with Crippen LogP contribution < -0.4 is 5.32 Å². The van der Waals surface area contributed by atoms with Crippen LogP contribution in [0.25, 0.3) is 0 Å². The third kappa shape index (κ3) is 4.30.